The Balaban J connectivity index is 2.11. The number of nitrogens with one attached hydrogen (secondary N) is 1. The Morgan fingerprint density at radius 3 is 2.38 bits per heavy atom. The van der Waals surface area contributed by atoms with Crippen LogP contribution in [-0.2, 0) is 19.1 Å². The lowest BCUT2D eigenvalue weighted by Crippen LogP contribution is -2.56. The van der Waals surface area contributed by atoms with Crippen LogP contribution in [0.2, 0.25) is 0 Å². The molecule has 1 aromatic rings. The van der Waals surface area contributed by atoms with Gasteiger partial charge in [0.25, 0.3) is 0 Å². The summed E-state index contributed by atoms with van der Waals surface area (Å²) in [5, 5.41) is 3.22. The van der Waals surface area contributed by atoms with E-state index in [1.165, 1.54) is 17.0 Å². The maximum absolute atomic E-state index is 13.3. The van der Waals surface area contributed by atoms with E-state index in [0.29, 0.717) is 12.0 Å². The fraction of sp³-hybridized carbons (Fsp3) is 0.526. The highest BCUT2D eigenvalue weighted by molar-refractivity contribution is 6.09. The minimum atomic E-state index is -1.27. The number of hydrogen-bond acceptors (Lipinski definition) is 5. The smallest absolute Gasteiger partial charge is 0.327 e. The van der Waals surface area contributed by atoms with Crippen LogP contribution in [0.3, 0.4) is 0 Å². The lowest BCUT2D eigenvalue weighted by atomic mass is 9.78. The summed E-state index contributed by atoms with van der Waals surface area (Å²) in [7, 11) is 0. The predicted octanol–water partition coefficient (Wildman–Crippen LogP) is 1.80. The van der Waals surface area contributed by atoms with Crippen LogP contribution >= 0.6 is 0 Å². The van der Waals surface area contributed by atoms with Crippen molar-refractivity contribution in [3.63, 3.8) is 0 Å². The van der Waals surface area contributed by atoms with E-state index in [0.717, 1.165) is 0 Å². The molecule has 2 heterocycles. The largest absolute Gasteiger partial charge is 0.465 e. The van der Waals surface area contributed by atoms with Gasteiger partial charge < -0.3 is 4.74 Å². The Morgan fingerprint density at radius 1 is 1.19 bits per heavy atom. The van der Waals surface area contributed by atoms with Crippen molar-refractivity contribution in [3.05, 3.63) is 35.6 Å². The van der Waals surface area contributed by atoms with Crippen molar-refractivity contribution >= 4 is 17.8 Å². The molecule has 0 radical (unpaired) electrons. The van der Waals surface area contributed by atoms with Gasteiger partial charge in [-0.05, 0) is 38.0 Å². The van der Waals surface area contributed by atoms with Crippen molar-refractivity contribution in [1.29, 1.82) is 0 Å². The fourth-order valence-electron chi connectivity index (χ4n) is 4.25. The molecule has 26 heavy (non-hydrogen) atoms. The first kappa shape index (κ1) is 18.5. The minimum absolute atomic E-state index is 0.181. The summed E-state index contributed by atoms with van der Waals surface area (Å²) in [6.07, 6.45) is 0.307. The van der Waals surface area contributed by atoms with E-state index < -0.39 is 29.4 Å². The molecule has 1 N–H and O–H groups in total. The topological polar surface area (TPSA) is 75.7 Å². The van der Waals surface area contributed by atoms with Crippen molar-refractivity contribution in [2.45, 2.75) is 38.8 Å². The van der Waals surface area contributed by atoms with Crippen LogP contribution in [0.5, 0.6) is 0 Å². The lowest BCUT2D eigenvalue weighted by molar-refractivity contribution is -0.156. The van der Waals surface area contributed by atoms with Crippen LogP contribution in [0.25, 0.3) is 0 Å². The van der Waals surface area contributed by atoms with Gasteiger partial charge >= 0.3 is 5.97 Å². The number of likely N-dealkylation sites (tertiary alicyclic amines) is 1. The molecule has 140 valence electrons. The average Bonchev–Trinajstić information content (AvgIpc) is 3.11. The van der Waals surface area contributed by atoms with Gasteiger partial charge in [0.1, 0.15) is 11.4 Å². The second-order valence-corrected chi connectivity index (χ2v) is 6.64. The number of nitrogens with zero attached hydrogens (tertiary/aromatic N) is 1. The molecule has 0 unspecified atom stereocenters. The van der Waals surface area contributed by atoms with Crippen LogP contribution in [0.4, 0.5) is 4.39 Å². The first-order valence-corrected chi connectivity index (χ1v) is 8.96. The van der Waals surface area contributed by atoms with Gasteiger partial charge in [-0.15, -0.1) is 0 Å². The molecule has 2 saturated heterocycles. The Kier molecular flexibility index (Phi) is 4.84. The average molecular weight is 362 g/mol. The van der Waals surface area contributed by atoms with E-state index in [1.54, 1.807) is 32.9 Å². The summed E-state index contributed by atoms with van der Waals surface area (Å²) in [5.41, 5.74) is -0.601. The number of carbonyl (C=O) groups is 3. The molecule has 0 saturated carbocycles. The van der Waals surface area contributed by atoms with Gasteiger partial charge in [0.15, 0.2) is 0 Å². The van der Waals surface area contributed by atoms with Gasteiger partial charge in [-0.1, -0.05) is 19.1 Å². The number of ether oxygens (including phenoxy) is 1. The van der Waals surface area contributed by atoms with Crippen LogP contribution in [0.15, 0.2) is 24.3 Å². The molecule has 1 aromatic carbocycles. The van der Waals surface area contributed by atoms with E-state index in [4.69, 9.17) is 4.74 Å². The quantitative estimate of drug-likeness (QED) is 0.639. The second-order valence-electron chi connectivity index (χ2n) is 6.64. The molecular weight excluding hydrogens is 339 g/mol. The van der Waals surface area contributed by atoms with Gasteiger partial charge in [-0.3, -0.25) is 24.6 Å². The molecule has 7 heteroatoms. The highest BCUT2D eigenvalue weighted by Gasteiger charge is 2.67. The third-order valence-corrected chi connectivity index (χ3v) is 5.49. The zero-order valence-electron chi connectivity index (χ0n) is 15.1. The Hall–Kier alpha value is -2.28. The van der Waals surface area contributed by atoms with E-state index >= 15 is 0 Å². The lowest BCUT2D eigenvalue weighted by Gasteiger charge is -2.31. The van der Waals surface area contributed by atoms with Crippen molar-refractivity contribution < 1.29 is 23.5 Å². The molecule has 6 nitrogen and oxygen atoms in total. The number of rotatable bonds is 5. The number of carbonyl (C=O) groups excluding carboxylic acids is 3. The number of amides is 2. The SMILES string of the molecule is CCOC(=O)[C@]1(CC)N[C@H](c2ccc(F)cc2)[C@@H]2C(=O)N(CC)C(=O)[C@H]21. The molecular formula is C19H23FN2O4. The first-order chi connectivity index (χ1) is 12.4. The van der Waals surface area contributed by atoms with Crippen LogP contribution in [-0.4, -0.2) is 41.4 Å². The summed E-state index contributed by atoms with van der Waals surface area (Å²) >= 11 is 0. The molecule has 0 spiro atoms. The molecule has 3 rings (SSSR count). The number of benzene rings is 1. The van der Waals surface area contributed by atoms with Gasteiger partial charge in [0.2, 0.25) is 11.8 Å². The Labute approximate surface area is 151 Å². The van der Waals surface area contributed by atoms with Crippen molar-refractivity contribution in [2.24, 2.45) is 11.8 Å². The molecule has 2 aliphatic rings. The molecule has 0 aliphatic carbocycles. The Morgan fingerprint density at radius 2 is 1.85 bits per heavy atom. The number of imide groups is 1. The van der Waals surface area contributed by atoms with Crippen molar-refractivity contribution in [2.75, 3.05) is 13.2 Å². The summed E-state index contributed by atoms with van der Waals surface area (Å²) in [4.78, 5) is 39.8. The van der Waals surface area contributed by atoms with Gasteiger partial charge in [-0.2, -0.15) is 0 Å². The fourth-order valence-corrected chi connectivity index (χ4v) is 4.25. The summed E-state index contributed by atoms with van der Waals surface area (Å²) in [5.74, 6) is -3.11. The van der Waals surface area contributed by atoms with Gasteiger partial charge in [-0.25, -0.2) is 4.39 Å². The molecule has 4 atom stereocenters. The van der Waals surface area contributed by atoms with Gasteiger partial charge in [0.05, 0.1) is 18.4 Å². The van der Waals surface area contributed by atoms with Crippen LogP contribution in [0, 0.1) is 17.7 Å². The third kappa shape index (κ3) is 2.53. The number of esters is 1. The highest BCUT2D eigenvalue weighted by atomic mass is 19.1. The number of fused-ring (bicyclic) bond motifs is 1. The van der Waals surface area contributed by atoms with Crippen LogP contribution < -0.4 is 5.32 Å². The Bertz CT molecular complexity index is 736. The third-order valence-electron chi connectivity index (χ3n) is 5.49. The van der Waals surface area contributed by atoms with E-state index in [9.17, 15) is 18.8 Å². The predicted molar refractivity (Wildman–Crippen MR) is 91.3 cm³/mol. The zero-order valence-corrected chi connectivity index (χ0v) is 15.1. The zero-order chi connectivity index (χ0) is 19.1. The maximum Gasteiger partial charge on any atom is 0.327 e. The first-order valence-electron chi connectivity index (χ1n) is 8.96. The number of hydrogen-bond donors (Lipinski definition) is 1. The maximum atomic E-state index is 13.3. The van der Waals surface area contributed by atoms with E-state index in [-0.39, 0.29) is 30.8 Å². The van der Waals surface area contributed by atoms with Crippen molar-refractivity contribution in [3.8, 4) is 0 Å². The minimum Gasteiger partial charge on any atom is -0.465 e. The number of halogens is 1. The van der Waals surface area contributed by atoms with E-state index in [1.807, 2.05) is 0 Å². The van der Waals surface area contributed by atoms with Gasteiger partial charge in [0, 0.05) is 12.6 Å². The monoisotopic (exact) mass is 362 g/mol. The summed E-state index contributed by atoms with van der Waals surface area (Å²) in [6.45, 7) is 5.66. The second kappa shape index (κ2) is 6.79. The molecule has 2 aliphatic heterocycles. The summed E-state index contributed by atoms with van der Waals surface area (Å²) < 4.78 is 18.6. The van der Waals surface area contributed by atoms with E-state index in [2.05, 4.69) is 5.32 Å². The molecule has 0 bridgehead atoms. The molecule has 2 fully saturated rings. The highest BCUT2D eigenvalue weighted by Crippen LogP contribution is 2.50. The molecule has 2 amide bonds. The molecule has 0 aromatic heterocycles. The summed E-state index contributed by atoms with van der Waals surface area (Å²) in [6, 6.07) is 5.21. The van der Waals surface area contributed by atoms with Crippen molar-refractivity contribution in [1.82, 2.24) is 10.2 Å². The standard InChI is InChI=1S/C19H23FN2O4/c1-4-19(18(25)26-6-3)14-13(16(23)22(5-2)17(14)24)15(21-19)11-7-9-12(20)10-8-11/h7-10,13-15,21H,4-6H2,1-3H3/t13-,14+,15-,19-/m1/s1. The normalized spacial score (nSPS) is 30.6. The van der Waals surface area contributed by atoms with Crippen LogP contribution in [0.1, 0.15) is 38.8 Å².